The van der Waals surface area contributed by atoms with Crippen LogP contribution in [-0.2, 0) is 16.1 Å². The number of methoxy groups -OCH3 is 1. The number of hydrogen-bond donors (Lipinski definition) is 1. The molecule has 1 heterocycles. The van der Waals surface area contributed by atoms with Gasteiger partial charge in [0.15, 0.2) is 0 Å². The van der Waals surface area contributed by atoms with E-state index in [1.165, 1.54) is 18.4 Å². The average molecular weight is 306 g/mol. The van der Waals surface area contributed by atoms with E-state index < -0.39 is 11.9 Å². The summed E-state index contributed by atoms with van der Waals surface area (Å²) in [5, 5.41) is 4.35. The van der Waals surface area contributed by atoms with E-state index in [0.717, 1.165) is 5.69 Å². The lowest BCUT2D eigenvalue weighted by molar-refractivity contribution is -0.139. The van der Waals surface area contributed by atoms with Crippen LogP contribution in [0.2, 0.25) is 0 Å². The average Bonchev–Trinajstić information content (AvgIpc) is 3.04. The topological polar surface area (TPSA) is 77.5 Å². The maximum Gasteiger partial charge on any atom is 0.325 e. The van der Waals surface area contributed by atoms with Gasteiger partial charge < -0.3 is 14.8 Å². The van der Waals surface area contributed by atoms with Gasteiger partial charge in [0.25, 0.3) is 5.91 Å². The van der Waals surface area contributed by atoms with E-state index in [9.17, 15) is 9.59 Å². The molecule has 0 bridgehead atoms. The number of para-hydroxylation sites is 1. The van der Waals surface area contributed by atoms with Crippen LogP contribution in [0.3, 0.4) is 0 Å². The third-order valence-corrected chi connectivity index (χ3v) is 3.25. The van der Waals surface area contributed by atoms with Gasteiger partial charge >= 0.3 is 5.97 Å². The summed E-state index contributed by atoms with van der Waals surface area (Å²) >= 11 is 1.48. The number of ether oxygens (including phenoxy) is 2. The number of esters is 1. The second kappa shape index (κ2) is 7.39. The maximum absolute atomic E-state index is 12.0. The number of nitrogens with zero attached hydrogens (tertiary/aromatic N) is 1. The molecule has 0 spiro atoms. The molecule has 0 radical (unpaired) electrons. The van der Waals surface area contributed by atoms with Crippen molar-refractivity contribution in [1.82, 2.24) is 10.3 Å². The highest BCUT2D eigenvalue weighted by Gasteiger charge is 2.13. The molecule has 7 heteroatoms. The lowest BCUT2D eigenvalue weighted by Crippen LogP contribution is -2.30. The molecule has 21 heavy (non-hydrogen) atoms. The van der Waals surface area contributed by atoms with E-state index in [1.807, 2.05) is 5.38 Å². The first kappa shape index (κ1) is 15.0. The molecular formula is C14H14N2O4S. The lowest BCUT2D eigenvalue weighted by Gasteiger charge is -2.10. The summed E-state index contributed by atoms with van der Waals surface area (Å²) in [7, 11) is 1.26. The zero-order valence-electron chi connectivity index (χ0n) is 11.4. The molecule has 1 N–H and O–H groups in total. The molecule has 1 aromatic heterocycles. The summed E-state index contributed by atoms with van der Waals surface area (Å²) < 4.78 is 10.1. The Morgan fingerprint density at radius 1 is 1.33 bits per heavy atom. The van der Waals surface area contributed by atoms with Crippen molar-refractivity contribution in [3.05, 3.63) is 46.4 Å². The van der Waals surface area contributed by atoms with Crippen LogP contribution in [-0.4, -0.2) is 30.5 Å². The van der Waals surface area contributed by atoms with Gasteiger partial charge in [-0.1, -0.05) is 12.1 Å². The second-order valence-electron chi connectivity index (χ2n) is 4.02. The molecule has 2 rings (SSSR count). The fourth-order valence-electron chi connectivity index (χ4n) is 1.56. The van der Waals surface area contributed by atoms with E-state index in [2.05, 4.69) is 15.0 Å². The number of thiazole rings is 1. The van der Waals surface area contributed by atoms with Crippen molar-refractivity contribution in [2.75, 3.05) is 13.7 Å². The summed E-state index contributed by atoms with van der Waals surface area (Å²) in [6.07, 6.45) is 0. The highest BCUT2D eigenvalue weighted by Crippen LogP contribution is 2.19. The molecule has 0 aliphatic carbocycles. The summed E-state index contributed by atoms with van der Waals surface area (Å²) in [6, 6.07) is 6.82. The van der Waals surface area contributed by atoms with E-state index in [0.29, 0.717) is 11.3 Å². The first-order valence-corrected chi connectivity index (χ1v) is 7.09. The fraction of sp³-hybridized carbons (Fsp3) is 0.214. The molecule has 1 amide bonds. The van der Waals surface area contributed by atoms with Crippen LogP contribution in [0.1, 0.15) is 16.1 Å². The monoisotopic (exact) mass is 306 g/mol. The Morgan fingerprint density at radius 2 is 2.14 bits per heavy atom. The summed E-state index contributed by atoms with van der Waals surface area (Å²) in [5.74, 6) is -0.466. The van der Waals surface area contributed by atoms with Crippen LogP contribution in [0, 0.1) is 0 Å². The number of carbonyl (C=O) groups excluding carboxylic acids is 2. The maximum atomic E-state index is 12.0. The molecule has 6 nitrogen and oxygen atoms in total. The van der Waals surface area contributed by atoms with Crippen molar-refractivity contribution in [3.63, 3.8) is 0 Å². The summed E-state index contributed by atoms with van der Waals surface area (Å²) in [6.45, 7) is 0.0978. The molecule has 0 atom stereocenters. The lowest BCUT2D eigenvalue weighted by atomic mass is 10.2. The van der Waals surface area contributed by atoms with E-state index in [1.54, 1.807) is 29.8 Å². The Balaban J connectivity index is 2.02. The van der Waals surface area contributed by atoms with Crippen LogP contribution < -0.4 is 10.1 Å². The Kier molecular flexibility index (Phi) is 5.28. The zero-order valence-corrected chi connectivity index (χ0v) is 12.2. The predicted octanol–water partition coefficient (Wildman–Crippen LogP) is 1.62. The number of hydrogen-bond acceptors (Lipinski definition) is 6. The third kappa shape index (κ3) is 4.28. The van der Waals surface area contributed by atoms with Crippen molar-refractivity contribution in [2.24, 2.45) is 0 Å². The smallest absolute Gasteiger partial charge is 0.325 e. The van der Waals surface area contributed by atoms with Gasteiger partial charge in [0.2, 0.25) is 0 Å². The molecule has 2 aromatic rings. The minimum Gasteiger partial charge on any atom is -0.486 e. The first-order chi connectivity index (χ1) is 10.2. The van der Waals surface area contributed by atoms with Gasteiger partial charge in [0, 0.05) is 5.38 Å². The number of benzene rings is 1. The number of nitrogens with one attached hydrogen (secondary N) is 1. The summed E-state index contributed by atoms with van der Waals surface area (Å²) in [5.41, 5.74) is 2.87. The Labute approximate surface area is 125 Å². The molecular weight excluding hydrogens is 292 g/mol. The number of carbonyl (C=O) groups is 2. The van der Waals surface area contributed by atoms with Crippen LogP contribution in [0.5, 0.6) is 5.75 Å². The molecule has 0 aliphatic heterocycles. The standard InChI is InChI=1S/C14H14N2O4S/c1-19-13(17)6-15-14(18)11-4-2-3-5-12(11)20-7-10-8-21-9-16-10/h2-5,8-9H,6-7H2,1H3,(H,15,18). The van der Waals surface area contributed by atoms with Crippen LogP contribution in [0.25, 0.3) is 0 Å². The van der Waals surface area contributed by atoms with E-state index in [-0.39, 0.29) is 13.2 Å². The van der Waals surface area contributed by atoms with Crippen molar-refractivity contribution in [1.29, 1.82) is 0 Å². The van der Waals surface area contributed by atoms with Crippen LogP contribution >= 0.6 is 11.3 Å². The van der Waals surface area contributed by atoms with Gasteiger partial charge in [-0.15, -0.1) is 11.3 Å². The largest absolute Gasteiger partial charge is 0.486 e. The van der Waals surface area contributed by atoms with Crippen molar-refractivity contribution in [3.8, 4) is 5.75 Å². The van der Waals surface area contributed by atoms with Gasteiger partial charge in [-0.05, 0) is 12.1 Å². The first-order valence-electron chi connectivity index (χ1n) is 6.14. The van der Waals surface area contributed by atoms with Crippen LogP contribution in [0.15, 0.2) is 35.2 Å². The molecule has 0 saturated carbocycles. The molecule has 0 saturated heterocycles. The Bertz CT molecular complexity index is 613. The Morgan fingerprint density at radius 3 is 2.86 bits per heavy atom. The quantitative estimate of drug-likeness (QED) is 0.821. The SMILES string of the molecule is COC(=O)CNC(=O)c1ccccc1OCc1cscn1. The number of aromatic nitrogens is 1. The minimum atomic E-state index is -0.510. The fourth-order valence-corrected chi connectivity index (χ4v) is 2.10. The van der Waals surface area contributed by atoms with E-state index >= 15 is 0 Å². The number of amides is 1. The van der Waals surface area contributed by atoms with E-state index in [4.69, 9.17) is 4.74 Å². The van der Waals surface area contributed by atoms with Gasteiger partial charge in [-0.3, -0.25) is 9.59 Å². The molecule has 1 aromatic carbocycles. The highest BCUT2D eigenvalue weighted by atomic mass is 32.1. The van der Waals surface area contributed by atoms with Crippen LogP contribution in [0.4, 0.5) is 0 Å². The van der Waals surface area contributed by atoms with Gasteiger partial charge in [0.05, 0.1) is 23.9 Å². The minimum absolute atomic E-state index is 0.185. The third-order valence-electron chi connectivity index (χ3n) is 2.61. The molecule has 0 unspecified atom stereocenters. The van der Waals surface area contributed by atoms with Crippen molar-refractivity contribution in [2.45, 2.75) is 6.61 Å². The highest BCUT2D eigenvalue weighted by molar-refractivity contribution is 7.07. The van der Waals surface area contributed by atoms with Gasteiger partial charge in [0.1, 0.15) is 18.9 Å². The summed E-state index contributed by atoms with van der Waals surface area (Å²) in [4.78, 5) is 27.2. The Hall–Kier alpha value is -2.41. The molecule has 110 valence electrons. The van der Waals surface area contributed by atoms with Gasteiger partial charge in [-0.2, -0.15) is 0 Å². The molecule has 0 fully saturated rings. The van der Waals surface area contributed by atoms with Crippen molar-refractivity contribution >= 4 is 23.2 Å². The van der Waals surface area contributed by atoms with Crippen molar-refractivity contribution < 1.29 is 19.1 Å². The predicted molar refractivity (Wildman–Crippen MR) is 77.2 cm³/mol. The zero-order chi connectivity index (χ0) is 15.1. The number of rotatable bonds is 6. The second-order valence-corrected chi connectivity index (χ2v) is 4.74. The van der Waals surface area contributed by atoms with Gasteiger partial charge in [-0.25, -0.2) is 4.98 Å². The normalized spacial score (nSPS) is 9.95. The molecule has 0 aliphatic rings.